The van der Waals surface area contributed by atoms with Crippen LogP contribution in [0.3, 0.4) is 0 Å². The molecule has 1 N–H and O–H groups in total. The van der Waals surface area contributed by atoms with Gasteiger partial charge >= 0.3 is 18.1 Å². The summed E-state index contributed by atoms with van der Waals surface area (Å²) >= 11 is 1.45. The Morgan fingerprint density at radius 3 is 2.46 bits per heavy atom. The van der Waals surface area contributed by atoms with Gasteiger partial charge in [0.05, 0.1) is 19.3 Å². The fourth-order valence-corrected chi connectivity index (χ4v) is 4.56. The van der Waals surface area contributed by atoms with Crippen molar-refractivity contribution >= 4 is 34.4 Å². The Kier molecular flexibility index (Phi) is 5.65. The van der Waals surface area contributed by atoms with E-state index in [0.717, 1.165) is 29.7 Å². The third kappa shape index (κ3) is 3.62. The fourth-order valence-electron chi connectivity index (χ4n) is 3.29. The van der Waals surface area contributed by atoms with E-state index in [1.807, 2.05) is 0 Å². The van der Waals surface area contributed by atoms with E-state index in [9.17, 15) is 14.4 Å². The maximum absolute atomic E-state index is 12.6. The number of ether oxygens (including phenoxy) is 2. The maximum Gasteiger partial charge on any atom is 0.409 e. The van der Waals surface area contributed by atoms with Crippen molar-refractivity contribution in [3.05, 3.63) is 16.0 Å². The molecule has 9 heteroatoms. The third-order valence-electron chi connectivity index (χ3n) is 4.62. The molecule has 0 atom stereocenters. The summed E-state index contributed by atoms with van der Waals surface area (Å²) in [4.78, 5) is 40.9. The highest BCUT2D eigenvalue weighted by Gasteiger charge is 2.30. The zero-order valence-electron chi connectivity index (χ0n) is 15.0. The van der Waals surface area contributed by atoms with E-state index in [2.05, 4.69) is 5.32 Å². The molecule has 3 rings (SSSR count). The van der Waals surface area contributed by atoms with Crippen LogP contribution in [0.15, 0.2) is 0 Å². The Balaban J connectivity index is 1.64. The van der Waals surface area contributed by atoms with Crippen molar-refractivity contribution in [2.75, 3.05) is 45.2 Å². The van der Waals surface area contributed by atoms with E-state index in [1.165, 1.54) is 18.4 Å². The number of aryl methyl sites for hydroxylation is 1. The molecule has 1 aromatic rings. The number of urea groups is 1. The molecule has 2 aliphatic rings. The molecule has 0 bridgehead atoms. The summed E-state index contributed by atoms with van der Waals surface area (Å²) in [6.07, 6.45) is 2.44. The Labute approximate surface area is 156 Å². The molecular weight excluding hydrogens is 358 g/mol. The Bertz CT molecular complexity index is 709. The van der Waals surface area contributed by atoms with Crippen molar-refractivity contribution in [2.45, 2.75) is 26.2 Å². The molecule has 3 amide bonds. The van der Waals surface area contributed by atoms with Gasteiger partial charge in [-0.3, -0.25) is 5.32 Å². The van der Waals surface area contributed by atoms with Gasteiger partial charge < -0.3 is 19.3 Å². The number of methoxy groups -OCH3 is 1. The van der Waals surface area contributed by atoms with Gasteiger partial charge in [-0.25, -0.2) is 14.4 Å². The molecule has 8 nitrogen and oxygen atoms in total. The smallest absolute Gasteiger partial charge is 0.409 e. The molecule has 1 saturated heterocycles. The summed E-state index contributed by atoms with van der Waals surface area (Å²) < 4.78 is 9.88. The number of amides is 3. The predicted octanol–water partition coefficient (Wildman–Crippen LogP) is 2.33. The van der Waals surface area contributed by atoms with E-state index in [0.29, 0.717) is 43.4 Å². The van der Waals surface area contributed by atoms with Crippen LogP contribution >= 0.6 is 11.3 Å². The SMILES string of the molecule is CCOC(=O)N1CCN(C(=O)Nc2sc3c(c2C(=O)OC)CCC3)CC1. The van der Waals surface area contributed by atoms with Gasteiger partial charge in [-0.1, -0.05) is 0 Å². The molecule has 1 fully saturated rings. The number of anilines is 1. The first-order valence-electron chi connectivity index (χ1n) is 8.75. The highest BCUT2D eigenvalue weighted by Crippen LogP contribution is 2.39. The number of hydrogen-bond donors (Lipinski definition) is 1. The van der Waals surface area contributed by atoms with E-state index >= 15 is 0 Å². The minimum Gasteiger partial charge on any atom is -0.465 e. The summed E-state index contributed by atoms with van der Waals surface area (Å²) in [5, 5.41) is 3.42. The molecule has 0 aromatic carbocycles. The first kappa shape index (κ1) is 18.5. The van der Waals surface area contributed by atoms with E-state index in [4.69, 9.17) is 9.47 Å². The molecule has 0 unspecified atom stereocenters. The van der Waals surface area contributed by atoms with Crippen molar-refractivity contribution in [3.63, 3.8) is 0 Å². The second kappa shape index (κ2) is 7.94. The Hall–Kier alpha value is -2.29. The molecule has 1 aromatic heterocycles. The van der Waals surface area contributed by atoms with Crippen LogP contribution in [0.25, 0.3) is 0 Å². The summed E-state index contributed by atoms with van der Waals surface area (Å²) in [6, 6.07) is -0.265. The number of carbonyl (C=O) groups excluding carboxylic acids is 3. The van der Waals surface area contributed by atoms with Gasteiger partial charge in [0, 0.05) is 31.1 Å². The highest BCUT2D eigenvalue weighted by molar-refractivity contribution is 7.17. The lowest BCUT2D eigenvalue weighted by atomic mass is 10.1. The van der Waals surface area contributed by atoms with Crippen LogP contribution in [0.2, 0.25) is 0 Å². The van der Waals surface area contributed by atoms with Crippen molar-refractivity contribution in [2.24, 2.45) is 0 Å². The van der Waals surface area contributed by atoms with E-state index in [1.54, 1.807) is 16.7 Å². The quantitative estimate of drug-likeness (QED) is 0.812. The van der Waals surface area contributed by atoms with Crippen LogP contribution in [-0.2, 0) is 22.3 Å². The van der Waals surface area contributed by atoms with Crippen LogP contribution in [0, 0.1) is 0 Å². The van der Waals surface area contributed by atoms with Crippen LogP contribution in [0.5, 0.6) is 0 Å². The number of piperazine rings is 1. The second-order valence-electron chi connectivity index (χ2n) is 6.16. The number of rotatable bonds is 3. The fraction of sp³-hybridized carbons (Fsp3) is 0.588. The minimum absolute atomic E-state index is 0.265. The normalized spacial score (nSPS) is 16.2. The van der Waals surface area contributed by atoms with E-state index < -0.39 is 5.97 Å². The van der Waals surface area contributed by atoms with Crippen molar-refractivity contribution in [1.29, 1.82) is 0 Å². The molecule has 0 spiro atoms. The highest BCUT2D eigenvalue weighted by atomic mass is 32.1. The monoisotopic (exact) mass is 381 g/mol. The summed E-state index contributed by atoms with van der Waals surface area (Å²) in [5.41, 5.74) is 1.49. The van der Waals surface area contributed by atoms with Crippen LogP contribution in [0.1, 0.15) is 34.1 Å². The number of carbonyl (C=O) groups is 3. The van der Waals surface area contributed by atoms with Gasteiger partial charge in [0.15, 0.2) is 0 Å². The lowest BCUT2D eigenvalue weighted by Crippen LogP contribution is -2.51. The summed E-state index contributed by atoms with van der Waals surface area (Å²) in [6.45, 7) is 3.79. The largest absolute Gasteiger partial charge is 0.465 e. The second-order valence-corrected chi connectivity index (χ2v) is 7.26. The molecule has 0 saturated carbocycles. The lowest BCUT2D eigenvalue weighted by molar-refractivity contribution is 0.0601. The summed E-state index contributed by atoms with van der Waals surface area (Å²) in [7, 11) is 1.35. The van der Waals surface area contributed by atoms with Crippen LogP contribution in [0.4, 0.5) is 14.6 Å². The number of fused-ring (bicyclic) bond motifs is 1. The number of esters is 1. The number of hydrogen-bond acceptors (Lipinski definition) is 6. The predicted molar refractivity (Wildman–Crippen MR) is 96.9 cm³/mol. The molecule has 26 heavy (non-hydrogen) atoms. The Morgan fingerprint density at radius 1 is 1.12 bits per heavy atom. The van der Waals surface area contributed by atoms with Gasteiger partial charge in [0.25, 0.3) is 0 Å². The number of thiophene rings is 1. The van der Waals surface area contributed by atoms with Crippen molar-refractivity contribution in [3.8, 4) is 0 Å². The van der Waals surface area contributed by atoms with Gasteiger partial charge in [-0.2, -0.15) is 0 Å². The third-order valence-corrected chi connectivity index (χ3v) is 5.83. The van der Waals surface area contributed by atoms with Gasteiger partial charge in [0.2, 0.25) is 0 Å². The van der Waals surface area contributed by atoms with Gasteiger partial charge in [0.1, 0.15) is 5.00 Å². The standard InChI is InChI=1S/C17H23N3O5S/c1-3-25-17(23)20-9-7-19(8-10-20)16(22)18-14-13(15(21)24-2)11-5-4-6-12(11)26-14/h3-10H2,1-2H3,(H,18,22). The number of nitrogens with one attached hydrogen (secondary N) is 1. The molecular formula is C17H23N3O5S. The maximum atomic E-state index is 12.6. The average Bonchev–Trinajstić information content (AvgIpc) is 3.22. The molecule has 1 aliphatic heterocycles. The first-order valence-corrected chi connectivity index (χ1v) is 9.57. The van der Waals surface area contributed by atoms with Gasteiger partial charge in [-0.05, 0) is 31.7 Å². The molecule has 0 radical (unpaired) electrons. The summed E-state index contributed by atoms with van der Waals surface area (Å²) in [5.74, 6) is -0.410. The lowest BCUT2D eigenvalue weighted by Gasteiger charge is -2.33. The first-order chi connectivity index (χ1) is 12.5. The van der Waals surface area contributed by atoms with Crippen molar-refractivity contribution < 1.29 is 23.9 Å². The zero-order valence-corrected chi connectivity index (χ0v) is 15.8. The number of nitrogens with zero attached hydrogens (tertiary/aromatic N) is 2. The van der Waals surface area contributed by atoms with E-state index in [-0.39, 0.29) is 12.1 Å². The average molecular weight is 381 g/mol. The Morgan fingerprint density at radius 2 is 1.81 bits per heavy atom. The van der Waals surface area contributed by atoms with Crippen molar-refractivity contribution in [1.82, 2.24) is 9.80 Å². The zero-order chi connectivity index (χ0) is 18.7. The molecule has 2 heterocycles. The molecule has 1 aliphatic carbocycles. The van der Waals surface area contributed by atoms with Gasteiger partial charge in [-0.15, -0.1) is 11.3 Å². The molecule has 142 valence electrons. The topological polar surface area (TPSA) is 88.2 Å². The minimum atomic E-state index is -0.410. The van der Waals surface area contributed by atoms with Crippen LogP contribution in [-0.4, -0.2) is 67.8 Å². The van der Waals surface area contributed by atoms with Crippen LogP contribution < -0.4 is 5.32 Å².